The normalized spacial score (nSPS) is 18.3. The summed E-state index contributed by atoms with van der Waals surface area (Å²) in [7, 11) is 0. The lowest BCUT2D eigenvalue weighted by Gasteiger charge is -2.35. The van der Waals surface area contributed by atoms with E-state index in [-0.39, 0.29) is 5.54 Å². The van der Waals surface area contributed by atoms with E-state index in [2.05, 4.69) is 42.0 Å². The van der Waals surface area contributed by atoms with Crippen LogP contribution in [0.25, 0.3) is 0 Å². The third-order valence-corrected chi connectivity index (χ3v) is 3.81. The summed E-state index contributed by atoms with van der Waals surface area (Å²) in [5, 5.41) is 3.48. The molecule has 1 aromatic rings. The third kappa shape index (κ3) is 2.83. The lowest BCUT2D eigenvalue weighted by molar-refractivity contribution is 0.515. The van der Waals surface area contributed by atoms with Crippen LogP contribution in [-0.2, 0) is 6.54 Å². The molecule has 1 aliphatic rings. The highest BCUT2D eigenvalue weighted by Crippen LogP contribution is 2.35. The summed E-state index contributed by atoms with van der Waals surface area (Å²) in [5.74, 6) is 0. The summed E-state index contributed by atoms with van der Waals surface area (Å²) >= 11 is 0. The number of nitrogens with zero attached hydrogens (tertiary/aromatic N) is 2. The van der Waals surface area contributed by atoms with Crippen molar-refractivity contribution < 1.29 is 0 Å². The second-order valence-electron chi connectivity index (χ2n) is 5.75. The molecule has 1 aliphatic heterocycles. The first-order chi connectivity index (χ1) is 8.65. The Balaban J connectivity index is 2.16. The fourth-order valence-corrected chi connectivity index (χ4v) is 2.77. The zero-order valence-electron chi connectivity index (χ0n) is 11.9. The molecule has 0 atom stereocenters. The van der Waals surface area contributed by atoms with Gasteiger partial charge in [0.2, 0.25) is 0 Å². The highest BCUT2D eigenvalue weighted by atomic mass is 15.2. The average Bonchev–Trinajstić information content (AvgIpc) is 2.70. The summed E-state index contributed by atoms with van der Waals surface area (Å²) in [4.78, 5) is 6.82. The minimum Gasteiger partial charge on any atom is -0.366 e. The maximum absolute atomic E-state index is 4.28. The lowest BCUT2D eigenvalue weighted by Crippen LogP contribution is -2.39. The van der Waals surface area contributed by atoms with E-state index in [9.17, 15) is 0 Å². The summed E-state index contributed by atoms with van der Waals surface area (Å²) < 4.78 is 0. The predicted molar refractivity (Wildman–Crippen MR) is 76.9 cm³/mol. The Morgan fingerprint density at radius 3 is 2.94 bits per heavy atom. The molecule has 0 unspecified atom stereocenters. The van der Waals surface area contributed by atoms with Crippen LogP contribution in [0.1, 0.15) is 45.6 Å². The van der Waals surface area contributed by atoms with Crippen molar-refractivity contribution in [3.8, 4) is 0 Å². The number of aromatic nitrogens is 1. The number of pyridine rings is 1. The highest BCUT2D eigenvalue weighted by Gasteiger charge is 2.32. The van der Waals surface area contributed by atoms with Crippen molar-refractivity contribution >= 4 is 5.69 Å². The molecule has 1 fully saturated rings. The molecular formula is C15H25N3. The van der Waals surface area contributed by atoms with Crippen LogP contribution in [0.4, 0.5) is 5.69 Å². The molecule has 1 aromatic heterocycles. The van der Waals surface area contributed by atoms with Crippen LogP contribution < -0.4 is 10.2 Å². The standard InChI is InChI=1S/C15H25N3/c1-4-8-16-11-13-12-17-9-6-14(13)18-10-5-7-15(18,2)3/h6,9,12,16H,4-5,7-8,10-11H2,1-3H3. The topological polar surface area (TPSA) is 28.2 Å². The van der Waals surface area contributed by atoms with Crippen molar-refractivity contribution in [2.24, 2.45) is 0 Å². The van der Waals surface area contributed by atoms with E-state index in [4.69, 9.17) is 0 Å². The van der Waals surface area contributed by atoms with Crippen LogP contribution in [0, 0.1) is 0 Å². The number of rotatable bonds is 5. The van der Waals surface area contributed by atoms with Gasteiger partial charge in [0.05, 0.1) is 0 Å². The number of nitrogens with one attached hydrogen (secondary N) is 1. The molecule has 1 N–H and O–H groups in total. The maximum atomic E-state index is 4.28. The van der Waals surface area contributed by atoms with Gasteiger partial charge in [0.25, 0.3) is 0 Å². The quantitative estimate of drug-likeness (QED) is 0.811. The first-order valence-corrected chi connectivity index (χ1v) is 7.06. The van der Waals surface area contributed by atoms with Crippen LogP contribution in [0.15, 0.2) is 18.5 Å². The van der Waals surface area contributed by atoms with Crippen molar-refractivity contribution in [2.45, 2.75) is 52.1 Å². The molecule has 0 bridgehead atoms. The zero-order chi connectivity index (χ0) is 13.0. The third-order valence-electron chi connectivity index (χ3n) is 3.81. The van der Waals surface area contributed by atoms with Gasteiger partial charge in [0.15, 0.2) is 0 Å². The Kier molecular flexibility index (Phi) is 4.23. The molecule has 3 nitrogen and oxygen atoms in total. The molecule has 0 amide bonds. The second kappa shape index (κ2) is 5.70. The zero-order valence-corrected chi connectivity index (χ0v) is 11.9. The average molecular weight is 247 g/mol. The second-order valence-corrected chi connectivity index (χ2v) is 5.75. The molecule has 0 aliphatic carbocycles. The Morgan fingerprint density at radius 2 is 2.28 bits per heavy atom. The summed E-state index contributed by atoms with van der Waals surface area (Å²) in [6, 6.07) is 2.16. The van der Waals surface area contributed by atoms with Gasteiger partial charge in [0.1, 0.15) is 0 Å². The van der Waals surface area contributed by atoms with E-state index in [1.165, 1.54) is 30.5 Å². The first-order valence-electron chi connectivity index (χ1n) is 7.06. The van der Waals surface area contributed by atoms with E-state index in [1.807, 2.05) is 12.4 Å². The van der Waals surface area contributed by atoms with Crippen molar-refractivity contribution in [1.82, 2.24) is 10.3 Å². The number of anilines is 1. The Bertz CT molecular complexity index is 387. The molecule has 100 valence electrons. The molecule has 3 heteroatoms. The van der Waals surface area contributed by atoms with Gasteiger partial charge in [-0.1, -0.05) is 6.92 Å². The molecule has 1 saturated heterocycles. The smallest absolute Gasteiger partial charge is 0.0447 e. The first kappa shape index (κ1) is 13.3. The van der Waals surface area contributed by atoms with Crippen LogP contribution >= 0.6 is 0 Å². The van der Waals surface area contributed by atoms with Gasteiger partial charge < -0.3 is 10.2 Å². The fourth-order valence-electron chi connectivity index (χ4n) is 2.77. The largest absolute Gasteiger partial charge is 0.366 e. The molecule has 0 spiro atoms. The molecule has 2 heterocycles. The highest BCUT2D eigenvalue weighted by molar-refractivity contribution is 5.55. The van der Waals surface area contributed by atoms with Crippen molar-refractivity contribution in [2.75, 3.05) is 18.0 Å². The van der Waals surface area contributed by atoms with Crippen molar-refractivity contribution in [3.05, 3.63) is 24.0 Å². The summed E-state index contributed by atoms with van der Waals surface area (Å²) in [6.07, 6.45) is 7.65. The SMILES string of the molecule is CCCNCc1cnccc1N1CCCC1(C)C. The van der Waals surface area contributed by atoms with Gasteiger partial charge in [-0.2, -0.15) is 0 Å². The van der Waals surface area contributed by atoms with Crippen LogP contribution in [-0.4, -0.2) is 23.6 Å². The van der Waals surface area contributed by atoms with Gasteiger partial charge in [-0.3, -0.25) is 4.98 Å². The van der Waals surface area contributed by atoms with Crippen LogP contribution in [0.5, 0.6) is 0 Å². The summed E-state index contributed by atoms with van der Waals surface area (Å²) in [6.45, 7) is 10.0. The number of hydrogen-bond donors (Lipinski definition) is 1. The van der Waals surface area contributed by atoms with E-state index >= 15 is 0 Å². The summed E-state index contributed by atoms with van der Waals surface area (Å²) in [5.41, 5.74) is 2.96. The number of hydrogen-bond acceptors (Lipinski definition) is 3. The minimum atomic E-state index is 0.279. The maximum Gasteiger partial charge on any atom is 0.0447 e. The molecule has 0 radical (unpaired) electrons. The predicted octanol–water partition coefficient (Wildman–Crippen LogP) is 2.96. The van der Waals surface area contributed by atoms with E-state index in [0.717, 1.165) is 19.6 Å². The molecule has 0 saturated carbocycles. The van der Waals surface area contributed by atoms with Crippen LogP contribution in [0.3, 0.4) is 0 Å². The van der Waals surface area contributed by atoms with E-state index in [1.54, 1.807) is 0 Å². The monoisotopic (exact) mass is 247 g/mol. The molecule has 0 aromatic carbocycles. The Labute approximate surface area is 111 Å². The van der Waals surface area contributed by atoms with E-state index < -0.39 is 0 Å². The van der Waals surface area contributed by atoms with E-state index in [0.29, 0.717) is 0 Å². The Morgan fingerprint density at radius 1 is 1.44 bits per heavy atom. The molecule has 18 heavy (non-hydrogen) atoms. The molecule has 2 rings (SSSR count). The fraction of sp³-hybridized carbons (Fsp3) is 0.667. The lowest BCUT2D eigenvalue weighted by atomic mass is 10.0. The van der Waals surface area contributed by atoms with Crippen molar-refractivity contribution in [1.29, 1.82) is 0 Å². The van der Waals surface area contributed by atoms with Crippen LogP contribution in [0.2, 0.25) is 0 Å². The minimum absolute atomic E-state index is 0.279. The Hall–Kier alpha value is -1.09. The van der Waals surface area contributed by atoms with Gasteiger partial charge in [-0.15, -0.1) is 0 Å². The van der Waals surface area contributed by atoms with Gasteiger partial charge in [-0.05, 0) is 45.7 Å². The van der Waals surface area contributed by atoms with Gasteiger partial charge in [0, 0.05) is 42.3 Å². The molecular weight excluding hydrogens is 222 g/mol. The van der Waals surface area contributed by atoms with Gasteiger partial charge in [-0.25, -0.2) is 0 Å². The van der Waals surface area contributed by atoms with Gasteiger partial charge >= 0.3 is 0 Å². The van der Waals surface area contributed by atoms with Crippen molar-refractivity contribution in [3.63, 3.8) is 0 Å².